The fourth-order valence-electron chi connectivity index (χ4n) is 2.28. The van der Waals surface area contributed by atoms with Crippen molar-refractivity contribution >= 4 is 29.7 Å². The minimum absolute atomic E-state index is 0.201. The summed E-state index contributed by atoms with van der Waals surface area (Å²) >= 11 is 0. The van der Waals surface area contributed by atoms with Crippen molar-refractivity contribution in [3.8, 4) is 0 Å². The van der Waals surface area contributed by atoms with Gasteiger partial charge in [0.1, 0.15) is 0 Å². The number of nitrogens with zero attached hydrogens (tertiary/aromatic N) is 2. The van der Waals surface area contributed by atoms with Gasteiger partial charge in [-0.2, -0.15) is 0 Å². The number of rotatable bonds is 4. The first-order valence-corrected chi connectivity index (χ1v) is 6.76. The Labute approximate surface area is 125 Å². The average molecular weight is 298 g/mol. The van der Waals surface area contributed by atoms with Crippen molar-refractivity contribution in [2.45, 2.75) is 12.8 Å². The van der Waals surface area contributed by atoms with E-state index in [1.54, 1.807) is 18.5 Å². The maximum Gasteiger partial charge on any atom is 0.305 e. The quantitative estimate of drug-likeness (QED) is 0.834. The van der Waals surface area contributed by atoms with Gasteiger partial charge in [0.25, 0.3) is 5.56 Å². The van der Waals surface area contributed by atoms with E-state index in [1.807, 2.05) is 12.1 Å². The highest BCUT2D eigenvalue weighted by Gasteiger charge is 2.16. The van der Waals surface area contributed by atoms with E-state index in [-0.39, 0.29) is 17.9 Å². The molecule has 0 unspecified atom stereocenters. The van der Waals surface area contributed by atoms with Crippen LogP contribution in [0.3, 0.4) is 0 Å². The van der Waals surface area contributed by atoms with Crippen molar-refractivity contribution in [3.05, 3.63) is 45.5 Å². The molecule has 0 saturated heterocycles. The minimum atomic E-state index is -0.322. The molecule has 2 aromatic heterocycles. The van der Waals surface area contributed by atoms with Gasteiger partial charge in [-0.05, 0) is 18.2 Å². The second kappa shape index (κ2) is 5.80. The number of allylic oxidation sites excluding steroid dienone is 1. The Balaban J connectivity index is 1.92. The average Bonchev–Trinajstić information content (AvgIpc) is 3.10. The van der Waals surface area contributed by atoms with Crippen molar-refractivity contribution in [1.82, 2.24) is 15.2 Å². The summed E-state index contributed by atoms with van der Waals surface area (Å²) in [5, 5.41) is 5.34. The van der Waals surface area contributed by atoms with Gasteiger partial charge < -0.3 is 9.84 Å². The van der Waals surface area contributed by atoms with Crippen molar-refractivity contribution in [3.63, 3.8) is 0 Å². The van der Waals surface area contributed by atoms with E-state index >= 15 is 0 Å². The first kappa shape index (κ1) is 14.0. The van der Waals surface area contributed by atoms with E-state index in [0.717, 1.165) is 11.1 Å². The number of aromatic amines is 2. The number of ether oxygens (including phenoxy) is 1. The molecule has 0 radical (unpaired) electrons. The molecule has 1 aliphatic heterocycles. The van der Waals surface area contributed by atoms with E-state index in [2.05, 4.69) is 24.9 Å². The number of aromatic nitrogens is 3. The summed E-state index contributed by atoms with van der Waals surface area (Å²) in [7, 11) is 1.34. The number of pyridine rings is 1. The molecule has 7 heteroatoms. The van der Waals surface area contributed by atoms with Gasteiger partial charge in [0.2, 0.25) is 0 Å². The first-order chi connectivity index (χ1) is 10.7. The van der Waals surface area contributed by atoms with Crippen LogP contribution < -0.4 is 5.56 Å². The molecule has 7 nitrogen and oxygen atoms in total. The van der Waals surface area contributed by atoms with E-state index in [0.29, 0.717) is 23.5 Å². The molecule has 2 aromatic rings. The molecule has 0 spiro atoms. The molecule has 2 N–H and O–H groups in total. The molecule has 0 fully saturated rings. The highest BCUT2D eigenvalue weighted by molar-refractivity contribution is 6.20. The van der Waals surface area contributed by atoms with Crippen molar-refractivity contribution in [1.29, 1.82) is 0 Å². The Morgan fingerprint density at radius 2 is 2.27 bits per heavy atom. The maximum atomic E-state index is 11.9. The van der Waals surface area contributed by atoms with Crippen LogP contribution in [0, 0.1) is 0 Å². The Morgan fingerprint density at radius 3 is 3.09 bits per heavy atom. The van der Waals surface area contributed by atoms with Gasteiger partial charge in [0.15, 0.2) is 5.82 Å². The van der Waals surface area contributed by atoms with Crippen molar-refractivity contribution in [2.24, 2.45) is 4.99 Å². The highest BCUT2D eigenvalue weighted by atomic mass is 16.5. The number of hydrogen-bond acceptors (Lipinski definition) is 5. The van der Waals surface area contributed by atoms with Gasteiger partial charge in [-0.3, -0.25) is 14.7 Å². The third-order valence-corrected chi connectivity index (χ3v) is 3.43. The van der Waals surface area contributed by atoms with Gasteiger partial charge in [-0.15, -0.1) is 0 Å². The lowest BCUT2D eigenvalue weighted by Crippen LogP contribution is -2.05. The minimum Gasteiger partial charge on any atom is -0.469 e. The standard InChI is InChI=1S/C15H14N4O3/c1-22-13(20)5-4-12-11(15(21)19-18-12)7-9-8-17-14-10(9)3-2-6-16-14/h2-3,6-8H,4-5H2,1H3,(H2,18,19,21). The smallest absolute Gasteiger partial charge is 0.305 e. The topological polar surface area (TPSA) is 100 Å². The zero-order valence-corrected chi connectivity index (χ0v) is 11.9. The van der Waals surface area contributed by atoms with E-state index in [1.165, 1.54) is 7.11 Å². The lowest BCUT2D eigenvalue weighted by atomic mass is 10.0. The highest BCUT2D eigenvalue weighted by Crippen LogP contribution is 2.30. The lowest BCUT2D eigenvalue weighted by molar-refractivity contribution is -0.140. The van der Waals surface area contributed by atoms with Gasteiger partial charge in [-0.25, -0.2) is 9.98 Å². The molecular weight excluding hydrogens is 284 g/mol. The van der Waals surface area contributed by atoms with Crippen LogP contribution in [0.1, 0.15) is 23.2 Å². The molecule has 22 heavy (non-hydrogen) atoms. The number of hydrogen-bond donors (Lipinski definition) is 2. The van der Waals surface area contributed by atoms with Crippen molar-refractivity contribution < 1.29 is 9.53 Å². The Bertz CT molecular complexity index is 829. The summed E-state index contributed by atoms with van der Waals surface area (Å²) in [6.45, 7) is 0. The summed E-state index contributed by atoms with van der Waals surface area (Å²) in [4.78, 5) is 31.6. The molecule has 3 rings (SSSR count). The predicted octanol–water partition coefficient (Wildman–Crippen LogP) is 1.46. The van der Waals surface area contributed by atoms with Crippen LogP contribution in [0.25, 0.3) is 11.6 Å². The molecule has 0 aromatic carbocycles. The zero-order valence-electron chi connectivity index (χ0n) is 11.9. The Kier molecular flexibility index (Phi) is 3.69. The number of carbonyl (C=O) groups is 1. The summed E-state index contributed by atoms with van der Waals surface area (Å²) < 4.78 is 4.61. The van der Waals surface area contributed by atoms with Crippen LogP contribution in [0.4, 0.5) is 5.82 Å². The SMILES string of the molecule is COC(=O)CCc1[nH][nH]c(=O)c1C=C1C=Nc2ncccc21. The molecule has 3 heterocycles. The van der Waals surface area contributed by atoms with Crippen LogP contribution in [0.2, 0.25) is 0 Å². The van der Waals surface area contributed by atoms with E-state index < -0.39 is 0 Å². The number of aryl methyl sites for hydroxylation is 1. The number of esters is 1. The van der Waals surface area contributed by atoms with Crippen molar-refractivity contribution in [2.75, 3.05) is 7.11 Å². The van der Waals surface area contributed by atoms with Gasteiger partial charge in [0, 0.05) is 35.7 Å². The zero-order chi connectivity index (χ0) is 15.5. The molecule has 0 saturated carbocycles. The molecule has 0 atom stereocenters. The third-order valence-electron chi connectivity index (χ3n) is 3.43. The maximum absolute atomic E-state index is 11.9. The number of fused-ring (bicyclic) bond motifs is 1. The molecule has 0 aliphatic carbocycles. The fourth-order valence-corrected chi connectivity index (χ4v) is 2.28. The number of aliphatic imine (C=N–C) groups is 1. The van der Waals surface area contributed by atoms with E-state index in [9.17, 15) is 9.59 Å². The molecule has 0 bridgehead atoms. The fraction of sp³-hybridized carbons (Fsp3) is 0.200. The Morgan fingerprint density at radius 1 is 1.41 bits per heavy atom. The summed E-state index contributed by atoms with van der Waals surface area (Å²) in [6, 6.07) is 3.72. The number of H-pyrrole nitrogens is 2. The van der Waals surface area contributed by atoms with Crippen LogP contribution in [-0.2, 0) is 16.0 Å². The number of carbonyl (C=O) groups excluding carboxylic acids is 1. The van der Waals surface area contributed by atoms with Gasteiger partial charge in [-0.1, -0.05) is 0 Å². The molecule has 0 amide bonds. The van der Waals surface area contributed by atoms with Crippen LogP contribution in [-0.4, -0.2) is 34.5 Å². The molecule has 112 valence electrons. The largest absolute Gasteiger partial charge is 0.469 e. The van der Waals surface area contributed by atoms with Gasteiger partial charge >= 0.3 is 5.97 Å². The first-order valence-electron chi connectivity index (χ1n) is 6.76. The summed E-state index contributed by atoms with van der Waals surface area (Å²) in [5.74, 6) is 0.314. The summed E-state index contributed by atoms with van der Waals surface area (Å²) in [5.41, 5.74) is 2.60. The van der Waals surface area contributed by atoms with Gasteiger partial charge in [0.05, 0.1) is 19.1 Å². The second-order valence-electron chi connectivity index (χ2n) is 4.78. The normalized spacial score (nSPS) is 14.3. The van der Waals surface area contributed by atoms with E-state index in [4.69, 9.17) is 0 Å². The van der Waals surface area contributed by atoms with Crippen LogP contribution >= 0.6 is 0 Å². The Hall–Kier alpha value is -2.96. The monoisotopic (exact) mass is 298 g/mol. The number of methoxy groups -OCH3 is 1. The number of nitrogens with one attached hydrogen (secondary N) is 2. The third kappa shape index (κ3) is 2.60. The second-order valence-corrected chi connectivity index (χ2v) is 4.78. The predicted molar refractivity (Wildman–Crippen MR) is 82.0 cm³/mol. The lowest BCUT2D eigenvalue weighted by Gasteiger charge is -2.00. The van der Waals surface area contributed by atoms with Crippen LogP contribution in [0.5, 0.6) is 0 Å². The molecule has 1 aliphatic rings. The summed E-state index contributed by atoms with van der Waals surface area (Å²) in [6.07, 6.45) is 5.69. The van der Waals surface area contributed by atoms with Crippen LogP contribution in [0.15, 0.2) is 28.1 Å². The molecular formula is C15H14N4O3.